The van der Waals surface area contributed by atoms with Crippen LogP contribution in [-0.2, 0) is 23.1 Å². The Bertz CT molecular complexity index is 641. The van der Waals surface area contributed by atoms with E-state index in [0.29, 0.717) is 6.54 Å². The molecule has 3 N–H and O–H groups in total. The highest BCUT2D eigenvalue weighted by Gasteiger charge is 2.15. The van der Waals surface area contributed by atoms with E-state index < -0.39 is 10.0 Å². The molecule has 20 heavy (non-hydrogen) atoms. The Hall–Kier alpha value is -1.84. The molecule has 0 aliphatic carbocycles. The zero-order valence-electron chi connectivity index (χ0n) is 11.0. The first-order valence-corrected chi connectivity index (χ1v) is 7.62. The summed E-state index contributed by atoms with van der Waals surface area (Å²) in [6, 6.07) is 6.78. The lowest BCUT2D eigenvalue weighted by atomic mass is 10.2. The summed E-state index contributed by atoms with van der Waals surface area (Å²) in [5, 5.41) is 16.2. The fraction of sp³-hybridized carbons (Fsp3) is 0.364. The molecule has 108 valence electrons. The summed E-state index contributed by atoms with van der Waals surface area (Å²) in [5.41, 5.74) is 0.911. The van der Waals surface area contributed by atoms with E-state index in [1.807, 2.05) is 13.0 Å². The van der Waals surface area contributed by atoms with Gasteiger partial charge in [-0.1, -0.05) is 24.3 Å². The van der Waals surface area contributed by atoms with Crippen molar-refractivity contribution in [1.82, 2.24) is 30.7 Å². The maximum Gasteiger partial charge on any atom is 0.240 e. The average Bonchev–Trinajstić information content (AvgIpc) is 2.97. The van der Waals surface area contributed by atoms with Crippen LogP contribution >= 0.6 is 0 Å². The summed E-state index contributed by atoms with van der Waals surface area (Å²) < 4.78 is 26.7. The van der Waals surface area contributed by atoms with E-state index in [2.05, 4.69) is 30.7 Å². The molecule has 8 nitrogen and oxygen atoms in total. The van der Waals surface area contributed by atoms with E-state index in [1.165, 1.54) is 0 Å². The van der Waals surface area contributed by atoms with Crippen LogP contribution in [-0.4, -0.2) is 35.6 Å². The minimum Gasteiger partial charge on any atom is -0.313 e. The second-order valence-electron chi connectivity index (χ2n) is 4.08. The summed E-state index contributed by atoms with van der Waals surface area (Å²) >= 11 is 0. The van der Waals surface area contributed by atoms with Crippen molar-refractivity contribution < 1.29 is 8.42 Å². The van der Waals surface area contributed by atoms with Crippen molar-refractivity contribution in [3.8, 4) is 0 Å². The van der Waals surface area contributed by atoms with Gasteiger partial charge in [0.2, 0.25) is 10.0 Å². The van der Waals surface area contributed by atoms with Crippen molar-refractivity contribution in [3.05, 3.63) is 35.7 Å². The minimum absolute atomic E-state index is 0.00370. The van der Waals surface area contributed by atoms with Crippen LogP contribution in [0.5, 0.6) is 0 Å². The largest absolute Gasteiger partial charge is 0.313 e. The van der Waals surface area contributed by atoms with Crippen LogP contribution in [0.1, 0.15) is 18.3 Å². The second-order valence-corrected chi connectivity index (χ2v) is 5.85. The molecule has 0 saturated carbocycles. The lowest BCUT2D eigenvalue weighted by Gasteiger charge is -2.07. The normalized spacial score (nSPS) is 11.7. The van der Waals surface area contributed by atoms with Crippen molar-refractivity contribution in [3.63, 3.8) is 0 Å². The van der Waals surface area contributed by atoms with Gasteiger partial charge in [0.15, 0.2) is 5.82 Å². The van der Waals surface area contributed by atoms with Gasteiger partial charge in [-0.15, -0.1) is 10.2 Å². The van der Waals surface area contributed by atoms with E-state index in [-0.39, 0.29) is 17.3 Å². The number of hydrogen-bond donors (Lipinski definition) is 3. The highest BCUT2D eigenvalue weighted by molar-refractivity contribution is 7.89. The summed E-state index contributed by atoms with van der Waals surface area (Å²) in [7, 11) is -3.58. The standard InChI is InChI=1S/C11H16N6O2S/c1-2-12-7-9-4-3-5-10(6-9)20(18,19)13-8-11-14-16-17-15-11/h3-6,12-13H,2,7-8H2,1H3,(H,14,15,16,17). The summed E-state index contributed by atoms with van der Waals surface area (Å²) in [6.07, 6.45) is 0. The SMILES string of the molecule is CCNCc1cccc(S(=O)(=O)NCc2nn[nH]n2)c1. The molecule has 0 fully saturated rings. The van der Waals surface area contributed by atoms with Gasteiger partial charge in [-0.25, -0.2) is 13.1 Å². The van der Waals surface area contributed by atoms with Crippen LogP contribution in [0.3, 0.4) is 0 Å². The zero-order chi connectivity index (χ0) is 14.4. The molecule has 0 saturated heterocycles. The highest BCUT2D eigenvalue weighted by Crippen LogP contribution is 2.11. The number of aromatic amines is 1. The predicted molar refractivity (Wildman–Crippen MR) is 72.0 cm³/mol. The van der Waals surface area contributed by atoms with Gasteiger partial charge in [0, 0.05) is 6.54 Å². The van der Waals surface area contributed by atoms with Crippen molar-refractivity contribution >= 4 is 10.0 Å². The molecule has 0 aliphatic rings. The Kier molecular flexibility index (Phi) is 4.77. The lowest BCUT2D eigenvalue weighted by molar-refractivity contribution is 0.579. The smallest absolute Gasteiger partial charge is 0.240 e. The molecule has 2 aromatic rings. The maximum atomic E-state index is 12.1. The van der Waals surface area contributed by atoms with Gasteiger partial charge in [-0.05, 0) is 24.2 Å². The molecule has 0 radical (unpaired) electrons. The molecule has 9 heteroatoms. The van der Waals surface area contributed by atoms with Crippen molar-refractivity contribution in [1.29, 1.82) is 0 Å². The Morgan fingerprint density at radius 3 is 2.85 bits per heavy atom. The quantitative estimate of drug-likeness (QED) is 0.651. The van der Waals surface area contributed by atoms with Crippen molar-refractivity contribution in [2.45, 2.75) is 24.9 Å². The molecule has 2 rings (SSSR count). The van der Waals surface area contributed by atoms with E-state index in [9.17, 15) is 8.42 Å². The maximum absolute atomic E-state index is 12.1. The summed E-state index contributed by atoms with van der Waals surface area (Å²) in [6.45, 7) is 3.45. The number of nitrogens with one attached hydrogen (secondary N) is 3. The molecule has 0 spiro atoms. The predicted octanol–water partition coefficient (Wildman–Crippen LogP) is -0.212. The number of hydrogen-bond acceptors (Lipinski definition) is 6. The zero-order valence-corrected chi connectivity index (χ0v) is 11.8. The molecule has 0 atom stereocenters. The van der Waals surface area contributed by atoms with Gasteiger partial charge in [0.1, 0.15) is 0 Å². The fourth-order valence-electron chi connectivity index (χ4n) is 1.59. The molecule has 1 heterocycles. The lowest BCUT2D eigenvalue weighted by Crippen LogP contribution is -2.24. The van der Waals surface area contributed by atoms with Crippen LogP contribution in [0.25, 0.3) is 0 Å². The van der Waals surface area contributed by atoms with Crippen LogP contribution in [0.15, 0.2) is 29.2 Å². The first kappa shape index (κ1) is 14.6. The number of aromatic nitrogens is 4. The molecule has 0 unspecified atom stereocenters. The Balaban J connectivity index is 2.08. The van der Waals surface area contributed by atoms with Crippen molar-refractivity contribution in [2.24, 2.45) is 0 Å². The van der Waals surface area contributed by atoms with Crippen LogP contribution < -0.4 is 10.0 Å². The fourth-order valence-corrected chi connectivity index (χ4v) is 2.64. The number of H-pyrrole nitrogens is 1. The topological polar surface area (TPSA) is 113 Å². The molecule has 0 amide bonds. The van der Waals surface area contributed by atoms with Crippen LogP contribution in [0.2, 0.25) is 0 Å². The third-order valence-corrected chi connectivity index (χ3v) is 4.00. The van der Waals surface area contributed by atoms with Crippen LogP contribution in [0, 0.1) is 0 Å². The molecule has 0 aliphatic heterocycles. The van der Waals surface area contributed by atoms with Gasteiger partial charge >= 0.3 is 0 Å². The van der Waals surface area contributed by atoms with E-state index in [4.69, 9.17) is 0 Å². The summed E-state index contributed by atoms with van der Waals surface area (Å²) in [5.74, 6) is 0.289. The Morgan fingerprint density at radius 1 is 1.30 bits per heavy atom. The minimum atomic E-state index is -3.58. The number of nitrogens with zero attached hydrogens (tertiary/aromatic N) is 3. The summed E-state index contributed by atoms with van der Waals surface area (Å²) in [4.78, 5) is 0.219. The molecule has 1 aromatic heterocycles. The van der Waals surface area contributed by atoms with Gasteiger partial charge in [0.05, 0.1) is 11.4 Å². The Labute approximate surface area is 117 Å². The number of benzene rings is 1. The van der Waals surface area contributed by atoms with Crippen LogP contribution in [0.4, 0.5) is 0 Å². The molecular weight excluding hydrogens is 280 g/mol. The monoisotopic (exact) mass is 296 g/mol. The molecular formula is C11H16N6O2S. The average molecular weight is 296 g/mol. The first-order valence-electron chi connectivity index (χ1n) is 6.13. The van der Waals surface area contributed by atoms with E-state index >= 15 is 0 Å². The number of tetrazole rings is 1. The third-order valence-electron chi connectivity index (χ3n) is 2.60. The van der Waals surface area contributed by atoms with Gasteiger partial charge in [-0.3, -0.25) is 0 Å². The second kappa shape index (κ2) is 6.55. The number of rotatable bonds is 7. The molecule has 1 aromatic carbocycles. The third kappa shape index (κ3) is 3.83. The Morgan fingerprint density at radius 2 is 2.15 bits per heavy atom. The highest BCUT2D eigenvalue weighted by atomic mass is 32.2. The van der Waals surface area contributed by atoms with E-state index in [1.54, 1.807) is 18.2 Å². The molecule has 0 bridgehead atoms. The van der Waals surface area contributed by atoms with Gasteiger partial charge in [0.25, 0.3) is 0 Å². The number of sulfonamides is 1. The van der Waals surface area contributed by atoms with Crippen molar-refractivity contribution in [2.75, 3.05) is 6.54 Å². The first-order chi connectivity index (χ1) is 9.62. The van der Waals surface area contributed by atoms with Gasteiger partial charge < -0.3 is 5.32 Å². The van der Waals surface area contributed by atoms with Gasteiger partial charge in [-0.2, -0.15) is 5.21 Å². The van der Waals surface area contributed by atoms with E-state index in [0.717, 1.165) is 12.1 Å².